The van der Waals surface area contributed by atoms with E-state index in [1.54, 1.807) is 12.0 Å². The summed E-state index contributed by atoms with van der Waals surface area (Å²) in [6.07, 6.45) is 2.20. The fourth-order valence-corrected chi connectivity index (χ4v) is 4.53. The maximum Gasteiger partial charge on any atom is 0.243 e. The molecule has 0 fully saturated rings. The molecule has 0 aromatic heterocycles. The van der Waals surface area contributed by atoms with Gasteiger partial charge in [0.15, 0.2) is 0 Å². The number of ether oxygens (including phenoxy) is 1. The van der Waals surface area contributed by atoms with E-state index in [0.717, 1.165) is 28.9 Å². The van der Waals surface area contributed by atoms with Gasteiger partial charge in [-0.2, -0.15) is 0 Å². The molecule has 2 unspecified atom stereocenters. The average molecular weight is 529 g/mol. The fourth-order valence-electron chi connectivity index (χ4n) is 4.53. The lowest BCUT2D eigenvalue weighted by Crippen LogP contribution is -2.52. The van der Waals surface area contributed by atoms with Gasteiger partial charge in [-0.3, -0.25) is 9.59 Å². The number of rotatable bonds is 12. The first-order chi connectivity index (χ1) is 18.6. The molecule has 0 aliphatic heterocycles. The predicted molar refractivity (Wildman–Crippen MR) is 159 cm³/mol. The second-order valence-corrected chi connectivity index (χ2v) is 11.3. The zero-order valence-electron chi connectivity index (χ0n) is 24.4. The van der Waals surface area contributed by atoms with Crippen molar-refractivity contribution in [1.29, 1.82) is 0 Å². The van der Waals surface area contributed by atoms with Crippen LogP contribution >= 0.6 is 0 Å². The quantitative estimate of drug-likeness (QED) is 0.293. The Kier molecular flexibility index (Phi) is 10.7. The van der Waals surface area contributed by atoms with E-state index in [4.69, 9.17) is 4.74 Å². The zero-order chi connectivity index (χ0) is 28.4. The van der Waals surface area contributed by atoms with Crippen LogP contribution in [0, 0.1) is 0 Å². The van der Waals surface area contributed by atoms with E-state index < -0.39 is 6.04 Å². The maximum absolute atomic E-state index is 13.9. The summed E-state index contributed by atoms with van der Waals surface area (Å²) in [6, 6.07) is 25.5. The molecule has 0 saturated heterocycles. The van der Waals surface area contributed by atoms with Crippen LogP contribution in [0.5, 0.6) is 5.75 Å². The van der Waals surface area contributed by atoms with Crippen LogP contribution in [0.4, 0.5) is 0 Å². The topological polar surface area (TPSA) is 58.6 Å². The van der Waals surface area contributed by atoms with Gasteiger partial charge in [-0.25, -0.2) is 0 Å². The highest BCUT2D eigenvalue weighted by Gasteiger charge is 2.31. The Labute approximate surface area is 234 Å². The zero-order valence-corrected chi connectivity index (χ0v) is 24.4. The molecule has 2 amide bonds. The minimum absolute atomic E-state index is 0.0193. The predicted octanol–water partition coefficient (Wildman–Crippen LogP) is 6.48. The molecule has 0 aliphatic carbocycles. The van der Waals surface area contributed by atoms with Crippen molar-refractivity contribution in [3.63, 3.8) is 0 Å². The first-order valence-corrected chi connectivity index (χ1v) is 14.0. The number of benzene rings is 3. The Morgan fingerprint density at radius 3 is 2.18 bits per heavy atom. The normalized spacial score (nSPS) is 12.9. The SMILES string of the molecule is CCC(C)NC(=O)C(Cc1ccccc1)N(Cc1cccc(OC)c1)C(=O)CCc1ccc(C(C)(C)C)cc1. The van der Waals surface area contributed by atoms with Gasteiger partial charge in [0, 0.05) is 25.4 Å². The number of carbonyl (C=O) groups excluding carboxylic acids is 2. The third-order valence-corrected chi connectivity index (χ3v) is 7.21. The molecule has 39 heavy (non-hydrogen) atoms. The highest BCUT2D eigenvalue weighted by Crippen LogP contribution is 2.23. The van der Waals surface area contributed by atoms with E-state index in [1.165, 1.54) is 5.56 Å². The van der Waals surface area contributed by atoms with Gasteiger partial charge in [0.2, 0.25) is 11.8 Å². The van der Waals surface area contributed by atoms with E-state index in [2.05, 4.69) is 50.4 Å². The lowest BCUT2D eigenvalue weighted by atomic mass is 9.86. The third-order valence-electron chi connectivity index (χ3n) is 7.21. The minimum Gasteiger partial charge on any atom is -0.497 e. The van der Waals surface area contributed by atoms with Crippen LogP contribution in [-0.4, -0.2) is 35.9 Å². The summed E-state index contributed by atoms with van der Waals surface area (Å²) in [7, 11) is 1.63. The monoisotopic (exact) mass is 528 g/mol. The number of hydrogen-bond acceptors (Lipinski definition) is 3. The summed E-state index contributed by atoms with van der Waals surface area (Å²) in [5.74, 6) is 0.555. The Morgan fingerprint density at radius 1 is 0.897 bits per heavy atom. The van der Waals surface area contributed by atoms with Crippen LogP contribution in [0.1, 0.15) is 69.7 Å². The molecule has 5 nitrogen and oxygen atoms in total. The van der Waals surface area contributed by atoms with Crippen molar-refractivity contribution in [2.45, 2.75) is 84.3 Å². The van der Waals surface area contributed by atoms with Crippen LogP contribution in [-0.2, 0) is 34.4 Å². The molecule has 0 radical (unpaired) electrons. The van der Waals surface area contributed by atoms with Crippen molar-refractivity contribution in [1.82, 2.24) is 10.2 Å². The van der Waals surface area contributed by atoms with E-state index in [-0.39, 0.29) is 23.3 Å². The molecule has 208 valence electrons. The number of methoxy groups -OCH3 is 1. The molecule has 0 spiro atoms. The number of nitrogens with one attached hydrogen (secondary N) is 1. The van der Waals surface area contributed by atoms with Crippen LogP contribution in [0.3, 0.4) is 0 Å². The maximum atomic E-state index is 13.9. The second kappa shape index (κ2) is 14.0. The highest BCUT2D eigenvalue weighted by molar-refractivity contribution is 5.88. The van der Waals surface area contributed by atoms with Crippen molar-refractivity contribution in [2.24, 2.45) is 0 Å². The van der Waals surface area contributed by atoms with Crippen molar-refractivity contribution >= 4 is 11.8 Å². The van der Waals surface area contributed by atoms with Gasteiger partial charge in [-0.05, 0) is 59.6 Å². The van der Waals surface area contributed by atoms with E-state index in [9.17, 15) is 9.59 Å². The van der Waals surface area contributed by atoms with Crippen LogP contribution in [0.15, 0.2) is 78.9 Å². The molecule has 3 rings (SSSR count). The Morgan fingerprint density at radius 2 is 1.56 bits per heavy atom. The fraction of sp³-hybridized carbons (Fsp3) is 0.412. The summed E-state index contributed by atoms with van der Waals surface area (Å²) in [6.45, 7) is 10.9. The highest BCUT2D eigenvalue weighted by atomic mass is 16.5. The van der Waals surface area contributed by atoms with Crippen LogP contribution < -0.4 is 10.1 Å². The number of carbonyl (C=O) groups is 2. The second-order valence-electron chi connectivity index (χ2n) is 11.3. The lowest BCUT2D eigenvalue weighted by molar-refractivity contribution is -0.141. The Hall–Kier alpha value is -3.60. The number of hydrogen-bond donors (Lipinski definition) is 1. The number of nitrogens with zero attached hydrogens (tertiary/aromatic N) is 1. The van der Waals surface area contributed by atoms with E-state index in [0.29, 0.717) is 25.8 Å². The summed E-state index contributed by atoms with van der Waals surface area (Å²) in [5, 5.41) is 3.13. The molecule has 3 aromatic rings. The summed E-state index contributed by atoms with van der Waals surface area (Å²) in [5.41, 5.74) is 4.40. The van der Waals surface area contributed by atoms with Crippen molar-refractivity contribution < 1.29 is 14.3 Å². The van der Waals surface area contributed by atoms with Crippen molar-refractivity contribution in [2.75, 3.05) is 7.11 Å². The Balaban J connectivity index is 1.90. The van der Waals surface area contributed by atoms with Crippen molar-refractivity contribution in [3.8, 4) is 5.75 Å². The smallest absolute Gasteiger partial charge is 0.243 e. The summed E-state index contributed by atoms with van der Waals surface area (Å²) < 4.78 is 5.42. The average Bonchev–Trinajstić information content (AvgIpc) is 2.93. The van der Waals surface area contributed by atoms with Gasteiger partial charge in [-0.15, -0.1) is 0 Å². The Bertz CT molecular complexity index is 1200. The van der Waals surface area contributed by atoms with E-state index in [1.807, 2.05) is 68.4 Å². The van der Waals surface area contributed by atoms with Gasteiger partial charge >= 0.3 is 0 Å². The van der Waals surface area contributed by atoms with Gasteiger partial charge < -0.3 is 15.0 Å². The largest absolute Gasteiger partial charge is 0.497 e. The first kappa shape index (κ1) is 29.9. The van der Waals surface area contributed by atoms with Gasteiger partial charge in [0.05, 0.1) is 7.11 Å². The van der Waals surface area contributed by atoms with E-state index >= 15 is 0 Å². The molecular formula is C34H44N2O3. The molecule has 0 saturated carbocycles. The van der Waals surface area contributed by atoms with Crippen LogP contribution in [0.25, 0.3) is 0 Å². The van der Waals surface area contributed by atoms with Gasteiger partial charge in [0.25, 0.3) is 0 Å². The summed E-state index contributed by atoms with van der Waals surface area (Å²) >= 11 is 0. The molecule has 2 atom stereocenters. The molecule has 0 bridgehead atoms. The van der Waals surface area contributed by atoms with Gasteiger partial charge in [0.1, 0.15) is 11.8 Å². The molecule has 0 aliphatic rings. The number of aryl methyl sites for hydroxylation is 1. The molecule has 3 aromatic carbocycles. The molecule has 5 heteroatoms. The minimum atomic E-state index is -0.636. The molecular weight excluding hydrogens is 484 g/mol. The van der Waals surface area contributed by atoms with Gasteiger partial charge in [-0.1, -0.05) is 94.4 Å². The van der Waals surface area contributed by atoms with Crippen LogP contribution in [0.2, 0.25) is 0 Å². The summed E-state index contributed by atoms with van der Waals surface area (Å²) in [4.78, 5) is 29.3. The molecule has 0 heterocycles. The standard InChI is InChI=1S/C34H44N2O3/c1-7-25(2)35-33(38)31(23-27-12-9-8-10-13-27)36(24-28-14-11-15-30(22-28)39-6)32(37)21-18-26-16-19-29(20-17-26)34(3,4)5/h8-17,19-20,22,25,31H,7,18,21,23-24H2,1-6H3,(H,35,38). The lowest BCUT2D eigenvalue weighted by Gasteiger charge is -2.32. The first-order valence-electron chi connectivity index (χ1n) is 14.0. The number of amides is 2. The third kappa shape index (κ3) is 8.98. The van der Waals surface area contributed by atoms with Crippen molar-refractivity contribution in [3.05, 3.63) is 101 Å². The molecule has 1 N–H and O–H groups in total.